The Morgan fingerprint density at radius 1 is 1.23 bits per heavy atom. The number of nitrogens with one attached hydrogen (secondary N) is 3. The highest BCUT2D eigenvalue weighted by atomic mass is 79.9. The molecule has 1 fully saturated rings. The molecule has 0 aliphatic heterocycles. The van der Waals surface area contributed by atoms with Crippen molar-refractivity contribution in [3.63, 3.8) is 0 Å². The number of rotatable bonds is 4. The SMILES string of the molecule is Cc1ccc(Nc2ccc(NC(=O)NC3CC3)nc2)cc1Br. The molecule has 1 saturated carbocycles. The first-order chi connectivity index (χ1) is 10.6. The van der Waals surface area contributed by atoms with E-state index in [0.717, 1.165) is 28.7 Å². The Balaban J connectivity index is 1.60. The number of halogens is 1. The highest BCUT2D eigenvalue weighted by molar-refractivity contribution is 9.10. The molecule has 5 nitrogen and oxygen atoms in total. The molecule has 2 aromatic rings. The monoisotopic (exact) mass is 360 g/mol. The zero-order chi connectivity index (χ0) is 15.5. The highest BCUT2D eigenvalue weighted by Gasteiger charge is 2.23. The minimum atomic E-state index is -0.196. The van der Waals surface area contributed by atoms with Crippen LogP contribution in [0.5, 0.6) is 0 Å². The Kier molecular flexibility index (Phi) is 4.29. The molecule has 0 unspecified atom stereocenters. The van der Waals surface area contributed by atoms with Crippen LogP contribution < -0.4 is 16.0 Å². The van der Waals surface area contributed by atoms with Gasteiger partial charge in [0.2, 0.25) is 0 Å². The molecule has 3 N–H and O–H groups in total. The van der Waals surface area contributed by atoms with Gasteiger partial charge in [0.1, 0.15) is 5.82 Å². The zero-order valence-electron chi connectivity index (χ0n) is 12.2. The maximum absolute atomic E-state index is 11.6. The molecule has 0 spiro atoms. The molecule has 2 amide bonds. The van der Waals surface area contributed by atoms with E-state index >= 15 is 0 Å². The van der Waals surface area contributed by atoms with Crippen molar-refractivity contribution in [2.75, 3.05) is 10.6 Å². The molecule has 1 aromatic heterocycles. The van der Waals surface area contributed by atoms with Gasteiger partial charge in [0.15, 0.2) is 0 Å². The van der Waals surface area contributed by atoms with Crippen molar-refractivity contribution in [1.29, 1.82) is 0 Å². The summed E-state index contributed by atoms with van der Waals surface area (Å²) in [4.78, 5) is 15.9. The summed E-state index contributed by atoms with van der Waals surface area (Å²) in [7, 11) is 0. The first-order valence-electron chi connectivity index (χ1n) is 7.17. The fraction of sp³-hybridized carbons (Fsp3) is 0.250. The smallest absolute Gasteiger partial charge is 0.320 e. The lowest BCUT2D eigenvalue weighted by molar-refractivity contribution is 0.251. The van der Waals surface area contributed by atoms with Crippen molar-refractivity contribution in [2.45, 2.75) is 25.8 Å². The molecule has 114 valence electrons. The lowest BCUT2D eigenvalue weighted by Gasteiger charge is -2.09. The quantitative estimate of drug-likeness (QED) is 0.765. The minimum Gasteiger partial charge on any atom is -0.354 e. The van der Waals surface area contributed by atoms with E-state index in [4.69, 9.17) is 0 Å². The predicted octanol–water partition coefficient (Wildman–Crippen LogP) is 4.18. The van der Waals surface area contributed by atoms with Gasteiger partial charge in [-0.05, 0) is 49.6 Å². The second kappa shape index (κ2) is 6.36. The Morgan fingerprint density at radius 3 is 2.64 bits per heavy atom. The highest BCUT2D eigenvalue weighted by Crippen LogP contribution is 2.23. The number of benzene rings is 1. The summed E-state index contributed by atoms with van der Waals surface area (Å²) in [5.74, 6) is 0.536. The summed E-state index contributed by atoms with van der Waals surface area (Å²) >= 11 is 3.51. The average molecular weight is 361 g/mol. The Bertz CT molecular complexity index is 683. The first kappa shape index (κ1) is 14.8. The number of carbonyl (C=O) groups is 1. The number of aromatic nitrogens is 1. The van der Waals surface area contributed by atoms with Gasteiger partial charge in [-0.3, -0.25) is 5.32 Å². The molecular formula is C16H17BrN4O. The standard InChI is InChI=1S/C16H17BrN4O/c1-10-2-3-12(8-14(10)17)19-13-6-7-15(18-9-13)21-16(22)20-11-4-5-11/h2-3,6-9,11,19H,4-5H2,1H3,(H2,18,20,21,22). The normalized spacial score (nSPS) is 13.5. The second-order valence-corrected chi connectivity index (χ2v) is 6.25. The number of amides is 2. The number of hydrogen-bond donors (Lipinski definition) is 3. The largest absolute Gasteiger partial charge is 0.354 e. The lowest BCUT2D eigenvalue weighted by atomic mass is 10.2. The first-order valence-corrected chi connectivity index (χ1v) is 7.96. The van der Waals surface area contributed by atoms with Crippen LogP contribution in [0, 0.1) is 6.92 Å². The third-order valence-corrected chi connectivity index (χ3v) is 4.23. The van der Waals surface area contributed by atoms with E-state index in [9.17, 15) is 4.79 Å². The number of hydrogen-bond acceptors (Lipinski definition) is 3. The van der Waals surface area contributed by atoms with Crippen molar-refractivity contribution in [2.24, 2.45) is 0 Å². The molecule has 0 atom stereocenters. The van der Waals surface area contributed by atoms with Crippen molar-refractivity contribution in [3.05, 3.63) is 46.6 Å². The van der Waals surface area contributed by atoms with Crippen LogP contribution in [-0.4, -0.2) is 17.1 Å². The fourth-order valence-corrected chi connectivity index (χ4v) is 2.32. The Hall–Kier alpha value is -2.08. The van der Waals surface area contributed by atoms with Gasteiger partial charge in [-0.25, -0.2) is 9.78 Å². The van der Waals surface area contributed by atoms with Gasteiger partial charge < -0.3 is 10.6 Å². The van der Waals surface area contributed by atoms with Gasteiger partial charge in [0.25, 0.3) is 0 Å². The molecular weight excluding hydrogens is 344 g/mol. The predicted molar refractivity (Wildman–Crippen MR) is 91.6 cm³/mol. The summed E-state index contributed by atoms with van der Waals surface area (Å²) in [5, 5.41) is 8.86. The van der Waals surface area contributed by atoms with E-state index in [1.165, 1.54) is 5.56 Å². The van der Waals surface area contributed by atoms with E-state index in [2.05, 4.69) is 36.9 Å². The molecule has 1 aliphatic carbocycles. The molecule has 22 heavy (non-hydrogen) atoms. The molecule has 1 aliphatic rings. The van der Waals surface area contributed by atoms with E-state index in [1.54, 1.807) is 12.3 Å². The third-order valence-electron chi connectivity index (χ3n) is 3.38. The Labute approximate surface area is 137 Å². The fourth-order valence-electron chi connectivity index (χ4n) is 1.94. The van der Waals surface area contributed by atoms with Gasteiger partial charge in [0.05, 0.1) is 11.9 Å². The number of aryl methyl sites for hydroxylation is 1. The lowest BCUT2D eigenvalue weighted by Crippen LogP contribution is -2.30. The van der Waals surface area contributed by atoms with Crippen LogP contribution in [0.2, 0.25) is 0 Å². The van der Waals surface area contributed by atoms with E-state index < -0.39 is 0 Å². The average Bonchev–Trinajstić information content (AvgIpc) is 3.29. The maximum atomic E-state index is 11.6. The second-order valence-electron chi connectivity index (χ2n) is 5.39. The third kappa shape index (κ3) is 3.98. The molecule has 0 saturated heterocycles. The number of urea groups is 1. The molecule has 1 aromatic carbocycles. The van der Waals surface area contributed by atoms with Crippen molar-refractivity contribution >= 4 is 39.2 Å². The van der Waals surface area contributed by atoms with Gasteiger partial charge in [-0.1, -0.05) is 22.0 Å². The van der Waals surface area contributed by atoms with Gasteiger partial charge >= 0.3 is 6.03 Å². The maximum Gasteiger partial charge on any atom is 0.320 e. The van der Waals surface area contributed by atoms with Crippen molar-refractivity contribution in [1.82, 2.24) is 10.3 Å². The van der Waals surface area contributed by atoms with E-state index in [-0.39, 0.29) is 6.03 Å². The van der Waals surface area contributed by atoms with Crippen LogP contribution in [0.25, 0.3) is 0 Å². The van der Waals surface area contributed by atoms with Crippen LogP contribution in [0.15, 0.2) is 41.0 Å². The van der Waals surface area contributed by atoms with Gasteiger partial charge in [0, 0.05) is 16.2 Å². The number of carbonyl (C=O) groups excluding carboxylic acids is 1. The van der Waals surface area contributed by atoms with E-state index in [1.807, 2.05) is 31.2 Å². The van der Waals surface area contributed by atoms with Crippen molar-refractivity contribution < 1.29 is 4.79 Å². The molecule has 0 radical (unpaired) electrons. The molecule has 0 bridgehead atoms. The van der Waals surface area contributed by atoms with Crippen LogP contribution in [0.3, 0.4) is 0 Å². The summed E-state index contributed by atoms with van der Waals surface area (Å²) in [5.41, 5.74) is 3.03. The summed E-state index contributed by atoms with van der Waals surface area (Å²) in [6, 6.07) is 9.86. The van der Waals surface area contributed by atoms with Gasteiger partial charge in [-0.15, -0.1) is 0 Å². The number of pyridine rings is 1. The molecule has 6 heteroatoms. The van der Waals surface area contributed by atoms with E-state index in [0.29, 0.717) is 11.9 Å². The summed E-state index contributed by atoms with van der Waals surface area (Å²) in [6.07, 6.45) is 3.83. The number of nitrogens with zero attached hydrogens (tertiary/aromatic N) is 1. The van der Waals surface area contributed by atoms with Gasteiger partial charge in [-0.2, -0.15) is 0 Å². The summed E-state index contributed by atoms with van der Waals surface area (Å²) < 4.78 is 1.06. The van der Waals surface area contributed by atoms with Crippen LogP contribution in [0.4, 0.5) is 22.0 Å². The van der Waals surface area contributed by atoms with Crippen LogP contribution in [0.1, 0.15) is 18.4 Å². The van der Waals surface area contributed by atoms with Crippen LogP contribution in [-0.2, 0) is 0 Å². The van der Waals surface area contributed by atoms with Crippen molar-refractivity contribution in [3.8, 4) is 0 Å². The number of anilines is 3. The van der Waals surface area contributed by atoms with Crippen LogP contribution >= 0.6 is 15.9 Å². The minimum absolute atomic E-state index is 0.196. The Morgan fingerprint density at radius 2 is 2.00 bits per heavy atom. The topological polar surface area (TPSA) is 66.0 Å². The zero-order valence-corrected chi connectivity index (χ0v) is 13.8. The molecule has 3 rings (SSSR count). The summed E-state index contributed by atoms with van der Waals surface area (Å²) in [6.45, 7) is 2.04. The molecule has 1 heterocycles.